The molecule has 35 heavy (non-hydrogen) atoms. The summed E-state index contributed by atoms with van der Waals surface area (Å²) in [6, 6.07) is 14.6. The topological polar surface area (TPSA) is 100 Å². The van der Waals surface area contributed by atoms with Crippen LogP contribution in [-0.4, -0.2) is 50.4 Å². The van der Waals surface area contributed by atoms with Gasteiger partial charge in [-0.15, -0.1) is 0 Å². The third-order valence-corrected chi connectivity index (χ3v) is 6.43. The molecule has 9 heteroatoms. The Bertz CT molecular complexity index is 1470. The van der Waals surface area contributed by atoms with E-state index in [2.05, 4.69) is 15.3 Å². The molecule has 3 heterocycles. The number of nitrogens with zero attached hydrogens (tertiary/aromatic N) is 3. The number of likely N-dealkylation sites (tertiary alicyclic amines) is 1. The van der Waals surface area contributed by atoms with Crippen molar-refractivity contribution in [1.82, 2.24) is 24.8 Å². The van der Waals surface area contributed by atoms with E-state index in [4.69, 9.17) is 0 Å². The Morgan fingerprint density at radius 2 is 1.77 bits per heavy atom. The smallest absolute Gasteiger partial charge is 0.327 e. The highest BCUT2D eigenvalue weighted by Crippen LogP contribution is 2.24. The Kier molecular flexibility index (Phi) is 5.90. The first-order valence-corrected chi connectivity index (χ1v) is 11.4. The lowest BCUT2D eigenvalue weighted by atomic mass is 10.0. The monoisotopic (exact) mass is 473 g/mol. The largest absolute Gasteiger partial charge is 0.349 e. The SMILES string of the molecule is Cn1c(=O)[nH]c2ncc(-c3cccc(C(=O)N4CCC(NC(=O)c5ccc(F)cc5)CC4)c3)cc21. The standard InChI is InChI=1S/C26H24FN5O3/c1-31-22-14-19(15-28-23(22)30-26(31)35)17-3-2-4-18(13-17)25(34)32-11-9-21(10-12-32)29-24(33)16-5-7-20(27)8-6-16/h2-8,13-15,21H,9-12H2,1H3,(H,29,33)(H,28,30,35). The molecule has 5 rings (SSSR count). The maximum Gasteiger partial charge on any atom is 0.327 e. The maximum absolute atomic E-state index is 13.2. The van der Waals surface area contributed by atoms with Crippen molar-refractivity contribution >= 4 is 23.0 Å². The maximum atomic E-state index is 13.2. The number of H-pyrrole nitrogens is 1. The number of rotatable bonds is 4. The highest BCUT2D eigenvalue weighted by atomic mass is 19.1. The zero-order valence-electron chi connectivity index (χ0n) is 19.1. The number of piperidine rings is 1. The van der Waals surface area contributed by atoms with Gasteiger partial charge < -0.3 is 10.2 Å². The Morgan fingerprint density at radius 3 is 2.51 bits per heavy atom. The van der Waals surface area contributed by atoms with E-state index in [0.717, 1.165) is 11.1 Å². The van der Waals surface area contributed by atoms with Gasteiger partial charge in [-0.2, -0.15) is 0 Å². The molecule has 0 bridgehead atoms. The van der Waals surface area contributed by atoms with Gasteiger partial charge in [0.15, 0.2) is 5.65 Å². The van der Waals surface area contributed by atoms with Crippen molar-refractivity contribution in [2.45, 2.75) is 18.9 Å². The van der Waals surface area contributed by atoms with Crippen molar-refractivity contribution in [2.75, 3.05) is 13.1 Å². The molecule has 178 valence electrons. The van der Waals surface area contributed by atoms with E-state index >= 15 is 0 Å². The van der Waals surface area contributed by atoms with Crippen LogP contribution in [0, 0.1) is 5.82 Å². The number of nitrogens with one attached hydrogen (secondary N) is 2. The van der Waals surface area contributed by atoms with Gasteiger partial charge in [-0.05, 0) is 60.9 Å². The average Bonchev–Trinajstić information content (AvgIpc) is 3.17. The molecule has 0 atom stereocenters. The van der Waals surface area contributed by atoms with E-state index in [1.807, 2.05) is 24.3 Å². The van der Waals surface area contributed by atoms with Crippen molar-refractivity contribution < 1.29 is 14.0 Å². The van der Waals surface area contributed by atoms with Crippen molar-refractivity contribution in [3.8, 4) is 11.1 Å². The first-order chi connectivity index (χ1) is 16.9. The molecule has 1 fully saturated rings. The van der Waals surface area contributed by atoms with Gasteiger partial charge in [0.1, 0.15) is 5.82 Å². The molecular weight excluding hydrogens is 449 g/mol. The number of benzene rings is 2. The average molecular weight is 474 g/mol. The zero-order chi connectivity index (χ0) is 24.5. The van der Waals surface area contributed by atoms with Crippen molar-refractivity contribution in [2.24, 2.45) is 7.05 Å². The van der Waals surface area contributed by atoms with Crippen LogP contribution in [0.4, 0.5) is 4.39 Å². The van der Waals surface area contributed by atoms with E-state index in [1.165, 1.54) is 28.8 Å². The Hall–Kier alpha value is -4.27. The Balaban J connectivity index is 1.25. The predicted octanol–water partition coefficient (Wildman–Crippen LogP) is 3.10. The van der Waals surface area contributed by atoms with Crippen LogP contribution in [0.2, 0.25) is 0 Å². The van der Waals surface area contributed by atoms with E-state index in [0.29, 0.717) is 48.2 Å². The third-order valence-electron chi connectivity index (χ3n) is 6.43. The van der Waals surface area contributed by atoms with Gasteiger partial charge in [0.2, 0.25) is 0 Å². The summed E-state index contributed by atoms with van der Waals surface area (Å²) in [5, 5.41) is 2.97. The molecule has 1 aliphatic heterocycles. The third kappa shape index (κ3) is 4.57. The zero-order valence-corrected chi connectivity index (χ0v) is 19.1. The van der Waals surface area contributed by atoms with Crippen molar-refractivity contribution in [3.63, 3.8) is 0 Å². The predicted molar refractivity (Wildman–Crippen MR) is 130 cm³/mol. The second-order valence-corrected chi connectivity index (χ2v) is 8.71. The quantitative estimate of drug-likeness (QED) is 0.476. The number of hydrogen-bond donors (Lipinski definition) is 2. The first kappa shape index (κ1) is 22.5. The molecule has 2 aromatic heterocycles. The lowest BCUT2D eigenvalue weighted by Gasteiger charge is -2.32. The fourth-order valence-electron chi connectivity index (χ4n) is 4.37. The van der Waals surface area contributed by atoms with Gasteiger partial charge in [0.05, 0.1) is 5.52 Å². The van der Waals surface area contributed by atoms with Gasteiger partial charge in [-0.25, -0.2) is 14.2 Å². The van der Waals surface area contributed by atoms with E-state index < -0.39 is 0 Å². The summed E-state index contributed by atoms with van der Waals surface area (Å²) < 4.78 is 14.6. The van der Waals surface area contributed by atoms with Gasteiger partial charge in [-0.1, -0.05) is 12.1 Å². The fraction of sp³-hybridized carbons (Fsp3) is 0.231. The lowest BCUT2D eigenvalue weighted by Crippen LogP contribution is -2.46. The summed E-state index contributed by atoms with van der Waals surface area (Å²) in [6.45, 7) is 1.05. The molecule has 0 unspecified atom stereocenters. The van der Waals surface area contributed by atoms with Crippen LogP contribution in [0.25, 0.3) is 22.3 Å². The van der Waals surface area contributed by atoms with Gasteiger partial charge in [-0.3, -0.25) is 19.1 Å². The second kappa shape index (κ2) is 9.17. The molecule has 4 aromatic rings. The molecule has 8 nitrogen and oxygen atoms in total. The van der Waals surface area contributed by atoms with Crippen LogP contribution in [0.3, 0.4) is 0 Å². The van der Waals surface area contributed by atoms with Gasteiger partial charge in [0, 0.05) is 49.1 Å². The Labute approximate surface area is 200 Å². The fourth-order valence-corrected chi connectivity index (χ4v) is 4.37. The molecule has 2 aromatic carbocycles. The molecule has 1 aliphatic rings. The van der Waals surface area contributed by atoms with Gasteiger partial charge >= 0.3 is 5.69 Å². The number of aromatic nitrogens is 3. The highest BCUT2D eigenvalue weighted by molar-refractivity contribution is 5.96. The molecule has 0 radical (unpaired) electrons. The van der Waals surface area contributed by atoms with Crippen LogP contribution in [-0.2, 0) is 7.05 Å². The van der Waals surface area contributed by atoms with Crippen LogP contribution in [0.5, 0.6) is 0 Å². The molecular formula is C26H24FN5O3. The molecule has 2 N–H and O–H groups in total. The van der Waals surface area contributed by atoms with E-state index in [1.54, 1.807) is 24.2 Å². The second-order valence-electron chi connectivity index (χ2n) is 8.71. The number of aromatic amines is 1. The van der Waals surface area contributed by atoms with Crippen molar-refractivity contribution in [3.05, 3.63) is 88.2 Å². The lowest BCUT2D eigenvalue weighted by molar-refractivity contribution is 0.0698. The molecule has 0 saturated carbocycles. The van der Waals surface area contributed by atoms with Gasteiger partial charge in [0.25, 0.3) is 11.8 Å². The number of imidazole rings is 1. The van der Waals surface area contributed by atoms with E-state index in [-0.39, 0.29) is 29.4 Å². The number of amides is 2. The minimum Gasteiger partial charge on any atom is -0.349 e. The molecule has 1 saturated heterocycles. The molecule has 0 spiro atoms. The summed E-state index contributed by atoms with van der Waals surface area (Å²) >= 11 is 0. The van der Waals surface area contributed by atoms with Crippen LogP contribution in [0.1, 0.15) is 33.6 Å². The summed E-state index contributed by atoms with van der Waals surface area (Å²) in [5.41, 5.74) is 3.60. The minimum absolute atomic E-state index is 0.0475. The number of fused-ring (bicyclic) bond motifs is 1. The number of carbonyl (C=O) groups excluding carboxylic acids is 2. The summed E-state index contributed by atoms with van der Waals surface area (Å²) in [5.74, 6) is -0.699. The normalized spacial score (nSPS) is 14.3. The number of halogens is 1. The summed E-state index contributed by atoms with van der Waals surface area (Å²) in [4.78, 5) is 46.2. The van der Waals surface area contributed by atoms with Crippen LogP contribution >= 0.6 is 0 Å². The Morgan fingerprint density at radius 1 is 1.03 bits per heavy atom. The summed E-state index contributed by atoms with van der Waals surface area (Å²) in [6.07, 6.45) is 2.96. The molecule has 0 aliphatic carbocycles. The van der Waals surface area contributed by atoms with Crippen molar-refractivity contribution in [1.29, 1.82) is 0 Å². The first-order valence-electron chi connectivity index (χ1n) is 11.4. The number of carbonyl (C=O) groups is 2. The number of hydrogen-bond acceptors (Lipinski definition) is 4. The highest BCUT2D eigenvalue weighted by Gasteiger charge is 2.25. The number of pyridine rings is 1. The summed E-state index contributed by atoms with van der Waals surface area (Å²) in [7, 11) is 1.68. The minimum atomic E-state index is -0.385. The van der Waals surface area contributed by atoms with Crippen LogP contribution < -0.4 is 11.0 Å². The van der Waals surface area contributed by atoms with Crippen LogP contribution in [0.15, 0.2) is 65.6 Å². The molecule has 2 amide bonds. The number of aryl methyl sites for hydroxylation is 1. The van der Waals surface area contributed by atoms with E-state index in [9.17, 15) is 18.8 Å².